The fourth-order valence-corrected chi connectivity index (χ4v) is 5.42. The number of para-hydroxylation sites is 1. The Hall–Kier alpha value is -3.04. The Kier molecular flexibility index (Phi) is 6.24. The molecule has 3 aromatic heterocycles. The topological polar surface area (TPSA) is 75.9 Å². The second-order valence-corrected chi connectivity index (χ2v) is 9.09. The van der Waals surface area contributed by atoms with E-state index in [2.05, 4.69) is 10.2 Å². The molecule has 1 aliphatic rings. The highest BCUT2D eigenvalue weighted by Crippen LogP contribution is 2.31. The summed E-state index contributed by atoms with van der Waals surface area (Å²) in [7, 11) is 0. The Balaban J connectivity index is 1.65. The van der Waals surface area contributed by atoms with Crippen LogP contribution in [0, 0.1) is 0 Å². The van der Waals surface area contributed by atoms with Crippen LogP contribution in [0.4, 0.5) is 10.2 Å². The number of thiazole rings is 1. The third kappa shape index (κ3) is 4.06. The van der Waals surface area contributed by atoms with Crippen LogP contribution in [-0.4, -0.2) is 54.8 Å². The molecule has 4 aromatic rings. The number of unbranched alkanes of at least 4 members (excludes halogenated alkanes) is 2. The molecule has 0 aliphatic carbocycles. The zero-order valence-electron chi connectivity index (χ0n) is 18.2. The number of hydrogen-bond acceptors (Lipinski definition) is 6. The average Bonchev–Trinajstić information content (AvgIpc) is 3.23. The van der Waals surface area contributed by atoms with Crippen molar-refractivity contribution in [2.45, 2.75) is 19.3 Å². The predicted octanol–water partition coefficient (Wildman–Crippen LogP) is 3.77. The van der Waals surface area contributed by atoms with Gasteiger partial charge in [-0.2, -0.15) is 0 Å². The van der Waals surface area contributed by atoms with Crippen molar-refractivity contribution >= 4 is 49.1 Å². The first-order valence-electron chi connectivity index (χ1n) is 11.2. The SMILES string of the molecule is O=C(NCCCCCF)c1c(=O)c2ccc(N3CCOCC3)nc2n2c1sc1ccccc12. The molecule has 1 amide bonds. The Morgan fingerprint density at radius 1 is 1.12 bits per heavy atom. The van der Waals surface area contributed by atoms with Crippen LogP contribution in [0.3, 0.4) is 0 Å². The number of fused-ring (bicyclic) bond motifs is 5. The summed E-state index contributed by atoms with van der Waals surface area (Å²) in [5.41, 5.74) is 1.27. The smallest absolute Gasteiger partial charge is 0.258 e. The second-order valence-electron chi connectivity index (χ2n) is 8.06. The molecule has 1 saturated heterocycles. The third-order valence-corrected chi connectivity index (χ3v) is 7.08. The first kappa shape index (κ1) is 21.8. The van der Waals surface area contributed by atoms with Gasteiger partial charge in [-0.1, -0.05) is 12.1 Å². The second kappa shape index (κ2) is 9.44. The molecule has 1 aromatic carbocycles. The number of nitrogens with one attached hydrogen (secondary N) is 1. The molecule has 1 aliphatic heterocycles. The maximum Gasteiger partial charge on any atom is 0.258 e. The summed E-state index contributed by atoms with van der Waals surface area (Å²) < 4.78 is 20.7. The van der Waals surface area contributed by atoms with Crippen LogP contribution in [0.25, 0.3) is 26.1 Å². The first-order chi connectivity index (χ1) is 16.2. The number of hydrogen-bond donors (Lipinski definition) is 1. The van der Waals surface area contributed by atoms with E-state index in [9.17, 15) is 14.0 Å². The molecule has 0 spiro atoms. The van der Waals surface area contributed by atoms with Crippen LogP contribution < -0.4 is 15.6 Å². The van der Waals surface area contributed by atoms with E-state index in [1.165, 1.54) is 11.3 Å². The fourth-order valence-electron chi connectivity index (χ4n) is 4.23. The molecule has 0 radical (unpaired) electrons. The number of carbonyl (C=O) groups is 1. The van der Waals surface area contributed by atoms with Gasteiger partial charge < -0.3 is 15.0 Å². The lowest BCUT2D eigenvalue weighted by atomic mass is 10.1. The zero-order chi connectivity index (χ0) is 22.8. The van der Waals surface area contributed by atoms with Crippen LogP contribution >= 0.6 is 11.3 Å². The van der Waals surface area contributed by atoms with Gasteiger partial charge in [0.2, 0.25) is 5.43 Å². The average molecular weight is 469 g/mol. The maximum atomic E-state index is 13.5. The van der Waals surface area contributed by atoms with Gasteiger partial charge in [0.15, 0.2) is 5.65 Å². The molecule has 1 fully saturated rings. The van der Waals surface area contributed by atoms with Crippen LogP contribution in [-0.2, 0) is 4.74 Å². The van der Waals surface area contributed by atoms with Gasteiger partial charge in [0.1, 0.15) is 16.2 Å². The van der Waals surface area contributed by atoms with Gasteiger partial charge >= 0.3 is 0 Å². The van der Waals surface area contributed by atoms with Crippen molar-refractivity contribution in [2.24, 2.45) is 0 Å². The highest BCUT2D eigenvalue weighted by Gasteiger charge is 2.23. The summed E-state index contributed by atoms with van der Waals surface area (Å²) in [4.78, 5) is 34.2. The molecule has 9 heteroatoms. The third-order valence-electron chi connectivity index (χ3n) is 5.93. The van der Waals surface area contributed by atoms with Crippen LogP contribution in [0.2, 0.25) is 0 Å². The molecule has 0 atom stereocenters. The van der Waals surface area contributed by atoms with E-state index >= 15 is 0 Å². The molecule has 4 heterocycles. The van der Waals surface area contributed by atoms with Crippen LogP contribution in [0.5, 0.6) is 0 Å². The number of nitrogens with zero attached hydrogens (tertiary/aromatic N) is 3. The highest BCUT2D eigenvalue weighted by atomic mass is 32.1. The van der Waals surface area contributed by atoms with Crippen molar-refractivity contribution in [1.29, 1.82) is 0 Å². The van der Waals surface area contributed by atoms with Crippen molar-refractivity contribution in [3.8, 4) is 0 Å². The summed E-state index contributed by atoms with van der Waals surface area (Å²) in [5.74, 6) is 0.391. The number of morpholine rings is 1. The highest BCUT2D eigenvalue weighted by molar-refractivity contribution is 7.24. The van der Waals surface area contributed by atoms with Crippen molar-refractivity contribution in [1.82, 2.24) is 14.7 Å². The summed E-state index contributed by atoms with van der Waals surface area (Å²) in [6.45, 7) is 2.80. The molecule has 7 nitrogen and oxygen atoms in total. The van der Waals surface area contributed by atoms with Crippen molar-refractivity contribution < 1.29 is 13.9 Å². The van der Waals surface area contributed by atoms with E-state index in [1.54, 1.807) is 6.07 Å². The predicted molar refractivity (Wildman–Crippen MR) is 130 cm³/mol. The van der Waals surface area contributed by atoms with E-state index in [1.807, 2.05) is 34.7 Å². The maximum absolute atomic E-state index is 13.5. The van der Waals surface area contributed by atoms with Crippen molar-refractivity contribution in [2.75, 3.05) is 44.4 Å². The number of amides is 1. The Morgan fingerprint density at radius 3 is 2.76 bits per heavy atom. The van der Waals surface area contributed by atoms with E-state index in [0.29, 0.717) is 54.9 Å². The van der Waals surface area contributed by atoms with E-state index < -0.39 is 5.91 Å². The summed E-state index contributed by atoms with van der Waals surface area (Å²) in [6.07, 6.45) is 1.84. The largest absolute Gasteiger partial charge is 0.378 e. The van der Waals surface area contributed by atoms with E-state index in [0.717, 1.165) is 29.1 Å². The van der Waals surface area contributed by atoms with E-state index in [-0.39, 0.29) is 17.7 Å². The standard InChI is InChI=1S/C24H25FN4O3S/c25-10-4-1-5-11-26-23(31)20-21(30)16-8-9-19(28-12-14-32-15-13-28)27-22(16)29-17-6-2-3-7-18(17)33-24(20)29/h2-3,6-9H,1,4-5,10-15H2,(H,26,31). The van der Waals surface area contributed by atoms with Crippen molar-refractivity contribution in [3.63, 3.8) is 0 Å². The number of rotatable bonds is 7. The van der Waals surface area contributed by atoms with Crippen LogP contribution in [0.1, 0.15) is 29.6 Å². The minimum absolute atomic E-state index is 0.134. The zero-order valence-corrected chi connectivity index (χ0v) is 19.0. The van der Waals surface area contributed by atoms with Gasteiger partial charge in [-0.3, -0.25) is 18.4 Å². The summed E-state index contributed by atoms with van der Waals surface area (Å²) in [6, 6.07) is 11.4. The Bertz CT molecular complexity index is 1380. The number of alkyl halides is 1. The number of anilines is 1. The molecule has 1 N–H and O–H groups in total. The Morgan fingerprint density at radius 2 is 1.94 bits per heavy atom. The number of ether oxygens (including phenoxy) is 1. The fraction of sp³-hybridized carbons (Fsp3) is 0.375. The molecular formula is C24H25FN4O3S. The lowest BCUT2D eigenvalue weighted by Gasteiger charge is -2.27. The van der Waals surface area contributed by atoms with Crippen molar-refractivity contribution in [3.05, 3.63) is 52.2 Å². The Labute approximate surface area is 193 Å². The summed E-state index contributed by atoms with van der Waals surface area (Å²) in [5, 5.41) is 3.27. The quantitative estimate of drug-likeness (QED) is 0.418. The lowest BCUT2D eigenvalue weighted by molar-refractivity contribution is 0.0953. The number of pyridine rings is 2. The number of aromatic nitrogens is 2. The number of carbonyl (C=O) groups excluding carboxylic acids is 1. The molecule has 0 saturated carbocycles. The molecule has 172 valence electrons. The van der Waals surface area contributed by atoms with Gasteiger partial charge in [0.05, 0.1) is 35.5 Å². The van der Waals surface area contributed by atoms with E-state index in [4.69, 9.17) is 9.72 Å². The molecule has 0 bridgehead atoms. The number of halogens is 1. The van der Waals surface area contributed by atoms with Gasteiger partial charge in [-0.15, -0.1) is 11.3 Å². The first-order valence-corrected chi connectivity index (χ1v) is 12.0. The number of benzene rings is 1. The monoisotopic (exact) mass is 468 g/mol. The summed E-state index contributed by atoms with van der Waals surface area (Å²) >= 11 is 1.41. The molecule has 5 rings (SSSR count). The molecule has 0 unspecified atom stereocenters. The van der Waals surface area contributed by atoms with Gasteiger partial charge in [-0.05, 0) is 43.5 Å². The molecular weight excluding hydrogens is 443 g/mol. The van der Waals surface area contributed by atoms with Gasteiger partial charge in [0.25, 0.3) is 5.91 Å². The minimum Gasteiger partial charge on any atom is -0.378 e. The van der Waals surface area contributed by atoms with Gasteiger partial charge in [-0.25, -0.2) is 4.98 Å². The van der Waals surface area contributed by atoms with Gasteiger partial charge in [0, 0.05) is 19.6 Å². The lowest BCUT2D eigenvalue weighted by Crippen LogP contribution is -2.37. The molecule has 33 heavy (non-hydrogen) atoms. The van der Waals surface area contributed by atoms with Crippen LogP contribution in [0.15, 0.2) is 41.2 Å². The minimum atomic E-state index is -0.400. The normalized spacial score (nSPS) is 14.4.